The van der Waals surface area contributed by atoms with Crippen LogP contribution in [-0.2, 0) is 4.79 Å². The standard InChI is InChI=1S/C20H20F2O2/c1-12(23)19-18(14-5-9-16(22)10-6-14)17(11-20(19,2)24)13-3-7-15(21)8-4-13/h3-10,17-19,24H,11H2,1-2H3/t17-,18-,19+,20+/m1/s1. The summed E-state index contributed by atoms with van der Waals surface area (Å²) in [6.07, 6.45) is 0.394. The molecule has 2 nitrogen and oxygen atoms in total. The molecule has 0 radical (unpaired) electrons. The molecular weight excluding hydrogens is 310 g/mol. The van der Waals surface area contributed by atoms with Crippen LogP contribution in [0.3, 0.4) is 0 Å². The van der Waals surface area contributed by atoms with Crippen molar-refractivity contribution in [1.29, 1.82) is 0 Å². The zero-order valence-electron chi connectivity index (χ0n) is 13.7. The van der Waals surface area contributed by atoms with Crippen molar-refractivity contribution in [3.63, 3.8) is 0 Å². The van der Waals surface area contributed by atoms with Gasteiger partial charge in [-0.2, -0.15) is 0 Å². The first kappa shape index (κ1) is 16.8. The van der Waals surface area contributed by atoms with E-state index in [1.807, 2.05) is 0 Å². The topological polar surface area (TPSA) is 37.3 Å². The van der Waals surface area contributed by atoms with E-state index in [1.54, 1.807) is 31.2 Å². The largest absolute Gasteiger partial charge is 0.389 e. The van der Waals surface area contributed by atoms with Crippen molar-refractivity contribution in [2.45, 2.75) is 37.7 Å². The Morgan fingerprint density at radius 1 is 1.00 bits per heavy atom. The predicted molar refractivity (Wildman–Crippen MR) is 87.7 cm³/mol. The van der Waals surface area contributed by atoms with E-state index in [1.165, 1.54) is 31.2 Å². The summed E-state index contributed by atoms with van der Waals surface area (Å²) >= 11 is 0. The fourth-order valence-electron chi connectivity index (χ4n) is 4.15. The Balaban J connectivity index is 2.10. The third kappa shape index (κ3) is 2.98. The van der Waals surface area contributed by atoms with Gasteiger partial charge in [0.1, 0.15) is 17.4 Å². The summed E-state index contributed by atoms with van der Waals surface area (Å²) in [6.45, 7) is 3.14. The van der Waals surface area contributed by atoms with Gasteiger partial charge in [-0.25, -0.2) is 8.78 Å². The van der Waals surface area contributed by atoms with E-state index in [0.29, 0.717) is 6.42 Å². The van der Waals surface area contributed by atoms with Crippen LogP contribution in [0, 0.1) is 17.6 Å². The Morgan fingerprint density at radius 2 is 1.46 bits per heavy atom. The van der Waals surface area contributed by atoms with Crippen molar-refractivity contribution in [2.75, 3.05) is 0 Å². The molecule has 1 aliphatic carbocycles. The van der Waals surface area contributed by atoms with Crippen LogP contribution in [0.4, 0.5) is 8.78 Å². The number of benzene rings is 2. The van der Waals surface area contributed by atoms with Crippen molar-refractivity contribution >= 4 is 5.78 Å². The molecule has 0 bridgehead atoms. The molecule has 1 N–H and O–H groups in total. The van der Waals surface area contributed by atoms with Gasteiger partial charge in [-0.05, 0) is 61.6 Å². The molecule has 24 heavy (non-hydrogen) atoms. The number of hydrogen-bond acceptors (Lipinski definition) is 2. The average Bonchev–Trinajstić information content (AvgIpc) is 2.80. The Kier molecular flexibility index (Phi) is 4.26. The van der Waals surface area contributed by atoms with Crippen molar-refractivity contribution in [3.05, 3.63) is 71.3 Å². The number of hydrogen-bond donors (Lipinski definition) is 1. The van der Waals surface area contributed by atoms with Crippen molar-refractivity contribution in [3.8, 4) is 0 Å². The highest BCUT2D eigenvalue weighted by atomic mass is 19.1. The third-order valence-electron chi connectivity index (χ3n) is 5.09. The highest BCUT2D eigenvalue weighted by Gasteiger charge is 2.52. The van der Waals surface area contributed by atoms with Gasteiger partial charge in [-0.3, -0.25) is 4.79 Å². The van der Waals surface area contributed by atoms with Gasteiger partial charge < -0.3 is 5.11 Å². The molecule has 0 heterocycles. The SMILES string of the molecule is CC(=O)[C@H]1[C@H](c2ccc(F)cc2)[C@@H](c2ccc(F)cc2)C[C@]1(C)O. The van der Waals surface area contributed by atoms with E-state index in [-0.39, 0.29) is 29.3 Å². The van der Waals surface area contributed by atoms with Crippen molar-refractivity contribution in [2.24, 2.45) is 5.92 Å². The Labute approximate surface area is 140 Å². The highest BCUT2D eigenvalue weighted by molar-refractivity contribution is 5.81. The summed E-state index contributed by atoms with van der Waals surface area (Å²) in [7, 11) is 0. The Morgan fingerprint density at radius 3 is 1.92 bits per heavy atom. The molecule has 0 aliphatic heterocycles. The molecule has 1 saturated carbocycles. The fraction of sp³-hybridized carbons (Fsp3) is 0.350. The number of rotatable bonds is 3. The summed E-state index contributed by atoms with van der Waals surface area (Å²) in [5.74, 6) is -1.77. The van der Waals surface area contributed by atoms with Crippen LogP contribution in [0.25, 0.3) is 0 Å². The number of ketones is 1. The van der Waals surface area contributed by atoms with E-state index < -0.39 is 11.5 Å². The maximum Gasteiger partial charge on any atom is 0.136 e. The van der Waals surface area contributed by atoms with Gasteiger partial charge in [0.2, 0.25) is 0 Å². The fourth-order valence-corrected chi connectivity index (χ4v) is 4.15. The molecule has 0 aromatic heterocycles. The van der Waals surface area contributed by atoms with E-state index in [9.17, 15) is 18.7 Å². The molecule has 4 heteroatoms. The normalized spacial score (nSPS) is 29.6. The third-order valence-corrected chi connectivity index (χ3v) is 5.09. The lowest BCUT2D eigenvalue weighted by Gasteiger charge is -2.28. The predicted octanol–water partition coefficient (Wildman–Crippen LogP) is 4.19. The Hall–Kier alpha value is -2.07. The number of halogens is 2. The first-order valence-corrected chi connectivity index (χ1v) is 8.03. The van der Waals surface area contributed by atoms with Gasteiger partial charge in [-0.1, -0.05) is 24.3 Å². The van der Waals surface area contributed by atoms with E-state index >= 15 is 0 Å². The van der Waals surface area contributed by atoms with Gasteiger partial charge in [0.25, 0.3) is 0 Å². The van der Waals surface area contributed by atoms with E-state index in [0.717, 1.165) is 11.1 Å². The minimum Gasteiger partial charge on any atom is -0.389 e. The highest BCUT2D eigenvalue weighted by Crippen LogP contribution is 2.54. The molecule has 126 valence electrons. The summed E-state index contributed by atoms with van der Waals surface area (Å²) < 4.78 is 26.5. The maximum atomic E-state index is 13.3. The number of carbonyl (C=O) groups is 1. The van der Waals surface area contributed by atoms with Crippen LogP contribution >= 0.6 is 0 Å². The molecule has 3 rings (SSSR count). The lowest BCUT2D eigenvalue weighted by atomic mass is 9.77. The van der Waals surface area contributed by atoms with Gasteiger partial charge in [-0.15, -0.1) is 0 Å². The molecule has 0 unspecified atom stereocenters. The molecule has 2 aromatic carbocycles. The summed E-state index contributed by atoms with van der Waals surface area (Å²) in [5.41, 5.74) is 0.516. The molecular formula is C20H20F2O2. The number of aliphatic hydroxyl groups is 1. The molecule has 1 aliphatic rings. The minimum atomic E-state index is -1.16. The van der Waals surface area contributed by atoms with E-state index in [4.69, 9.17) is 0 Å². The summed E-state index contributed by atoms with van der Waals surface area (Å²) in [4.78, 5) is 12.2. The van der Waals surface area contributed by atoms with Crippen molar-refractivity contribution in [1.82, 2.24) is 0 Å². The van der Waals surface area contributed by atoms with Crippen LogP contribution in [0.2, 0.25) is 0 Å². The lowest BCUT2D eigenvalue weighted by molar-refractivity contribution is -0.127. The second-order valence-corrected chi connectivity index (χ2v) is 6.88. The average molecular weight is 330 g/mol. The lowest BCUT2D eigenvalue weighted by Crippen LogP contribution is -2.36. The first-order chi connectivity index (χ1) is 11.3. The van der Waals surface area contributed by atoms with E-state index in [2.05, 4.69) is 0 Å². The molecule has 2 aromatic rings. The summed E-state index contributed by atoms with van der Waals surface area (Å²) in [6, 6.07) is 12.2. The molecule has 0 spiro atoms. The smallest absolute Gasteiger partial charge is 0.136 e. The number of Topliss-reactive ketones (excluding diaryl/α,β-unsaturated/α-hetero) is 1. The second kappa shape index (κ2) is 6.10. The van der Waals surface area contributed by atoms with Gasteiger partial charge >= 0.3 is 0 Å². The zero-order chi connectivity index (χ0) is 17.5. The second-order valence-electron chi connectivity index (χ2n) is 6.88. The quantitative estimate of drug-likeness (QED) is 0.916. The monoisotopic (exact) mass is 330 g/mol. The molecule has 0 amide bonds. The van der Waals surface area contributed by atoms with Gasteiger partial charge in [0.05, 0.1) is 11.5 Å². The summed E-state index contributed by atoms with van der Waals surface area (Å²) in [5, 5.41) is 10.8. The van der Waals surface area contributed by atoms with Crippen LogP contribution in [0.1, 0.15) is 43.2 Å². The van der Waals surface area contributed by atoms with Crippen LogP contribution in [0.15, 0.2) is 48.5 Å². The van der Waals surface area contributed by atoms with Crippen LogP contribution in [-0.4, -0.2) is 16.5 Å². The first-order valence-electron chi connectivity index (χ1n) is 8.03. The zero-order valence-corrected chi connectivity index (χ0v) is 13.7. The Bertz CT molecular complexity index is 735. The van der Waals surface area contributed by atoms with Gasteiger partial charge in [0, 0.05) is 5.92 Å². The molecule has 0 saturated heterocycles. The maximum absolute atomic E-state index is 13.3. The number of carbonyl (C=O) groups excluding carboxylic acids is 1. The molecule has 1 fully saturated rings. The molecule has 4 atom stereocenters. The van der Waals surface area contributed by atoms with Crippen LogP contribution in [0.5, 0.6) is 0 Å². The minimum absolute atomic E-state index is 0.0982. The van der Waals surface area contributed by atoms with Crippen molar-refractivity contribution < 1.29 is 18.7 Å². The van der Waals surface area contributed by atoms with Gasteiger partial charge in [0.15, 0.2) is 0 Å². The van der Waals surface area contributed by atoms with Crippen LogP contribution < -0.4 is 0 Å².